The normalized spacial score (nSPS) is 13.7. The van der Waals surface area contributed by atoms with Crippen LogP contribution in [0.1, 0.15) is 46.7 Å². The number of aromatic nitrogens is 4. The fourth-order valence-electron chi connectivity index (χ4n) is 5.03. The van der Waals surface area contributed by atoms with E-state index in [4.69, 9.17) is 0 Å². The summed E-state index contributed by atoms with van der Waals surface area (Å²) in [6.45, 7) is 11.3. The molecule has 0 saturated carbocycles. The highest BCUT2D eigenvalue weighted by molar-refractivity contribution is 6.35. The summed E-state index contributed by atoms with van der Waals surface area (Å²) in [7, 11) is 0. The highest BCUT2D eigenvalue weighted by atomic mass is 16.2. The molecule has 0 radical (unpaired) electrons. The van der Waals surface area contributed by atoms with Crippen molar-refractivity contribution in [3.63, 3.8) is 0 Å². The van der Waals surface area contributed by atoms with Gasteiger partial charge in [0, 0.05) is 47.5 Å². The minimum atomic E-state index is -0.183. The van der Waals surface area contributed by atoms with Gasteiger partial charge in [0.2, 0.25) is 0 Å². The lowest BCUT2D eigenvalue weighted by molar-refractivity contribution is -0.110. The zero-order valence-electron chi connectivity index (χ0n) is 22.7. The van der Waals surface area contributed by atoms with Gasteiger partial charge in [0.15, 0.2) is 5.82 Å². The molecule has 0 atom stereocenters. The lowest BCUT2D eigenvalue weighted by Crippen LogP contribution is -2.35. The Morgan fingerprint density at radius 1 is 1.10 bits per heavy atom. The Morgan fingerprint density at radius 2 is 1.92 bits per heavy atom. The monoisotopic (exact) mass is 523 g/mol. The molecule has 39 heavy (non-hydrogen) atoms. The maximum Gasteiger partial charge on any atom is 0.256 e. The topological polar surface area (TPSA) is 108 Å². The minimum absolute atomic E-state index is 0.112. The number of aryl methyl sites for hydroxylation is 1. The van der Waals surface area contributed by atoms with Crippen molar-refractivity contribution in [1.29, 1.82) is 0 Å². The third-order valence-corrected chi connectivity index (χ3v) is 7.21. The van der Waals surface area contributed by atoms with E-state index in [1.54, 1.807) is 17.1 Å². The molecule has 0 aliphatic carbocycles. The Labute approximate surface area is 228 Å². The number of rotatable bonds is 9. The first-order chi connectivity index (χ1) is 18.9. The van der Waals surface area contributed by atoms with E-state index in [-0.39, 0.29) is 11.8 Å². The van der Waals surface area contributed by atoms with Crippen LogP contribution in [0.3, 0.4) is 0 Å². The van der Waals surface area contributed by atoms with Crippen LogP contribution >= 0.6 is 0 Å². The average molecular weight is 524 g/mol. The number of carbonyl (C=O) groups is 2. The van der Waals surface area contributed by atoms with Crippen LogP contribution in [-0.2, 0) is 4.79 Å². The Bertz CT molecular complexity index is 1540. The van der Waals surface area contributed by atoms with E-state index < -0.39 is 0 Å². The molecular weight excluding hydrogens is 490 g/mol. The smallest absolute Gasteiger partial charge is 0.256 e. The zero-order chi connectivity index (χ0) is 27.5. The lowest BCUT2D eigenvalue weighted by Gasteiger charge is -2.18. The molecule has 4 aromatic rings. The van der Waals surface area contributed by atoms with E-state index in [1.807, 2.05) is 62.4 Å². The standard InChI is InChI=1S/C30H33N7O2/c1-5-36(6-2)16-15-32-30(39)28-19(3)25(34-20(28)4)18-23-22-17-21(10-11-24(22)35-29(23)38)26-12-14-33-37(26)27-9-7-8-13-31-27/h7-14,17-18,34H,5-6,15-16H2,1-4H3,(H,32,39)(H,35,38). The third kappa shape index (κ3) is 5.13. The minimum Gasteiger partial charge on any atom is -0.358 e. The van der Waals surface area contributed by atoms with Crippen LogP contribution < -0.4 is 10.6 Å². The second-order valence-electron chi connectivity index (χ2n) is 9.54. The molecule has 1 aliphatic rings. The Kier molecular flexibility index (Phi) is 7.42. The van der Waals surface area contributed by atoms with E-state index in [9.17, 15) is 9.59 Å². The molecule has 0 unspecified atom stereocenters. The van der Waals surface area contributed by atoms with Gasteiger partial charge in [-0.1, -0.05) is 26.0 Å². The van der Waals surface area contributed by atoms with Crippen molar-refractivity contribution in [2.24, 2.45) is 0 Å². The summed E-state index contributed by atoms with van der Waals surface area (Å²) in [5.74, 6) is 0.417. The largest absolute Gasteiger partial charge is 0.358 e. The van der Waals surface area contributed by atoms with Gasteiger partial charge in [0.25, 0.3) is 11.8 Å². The number of hydrogen-bond acceptors (Lipinski definition) is 5. The number of pyridine rings is 1. The summed E-state index contributed by atoms with van der Waals surface area (Å²) in [5.41, 5.74) is 6.79. The first-order valence-corrected chi connectivity index (χ1v) is 13.2. The second kappa shape index (κ2) is 11.1. The number of hydrogen-bond donors (Lipinski definition) is 3. The number of carbonyl (C=O) groups excluding carboxylic acids is 2. The van der Waals surface area contributed by atoms with Gasteiger partial charge in [0.05, 0.1) is 23.0 Å². The lowest BCUT2D eigenvalue weighted by atomic mass is 10.0. The average Bonchev–Trinajstić information content (AvgIpc) is 3.63. The molecule has 4 heterocycles. The van der Waals surface area contributed by atoms with E-state index in [2.05, 4.69) is 44.4 Å². The van der Waals surface area contributed by atoms with Gasteiger partial charge in [-0.3, -0.25) is 9.59 Å². The maximum atomic E-state index is 13.0. The van der Waals surface area contributed by atoms with E-state index in [1.165, 1.54) is 0 Å². The van der Waals surface area contributed by atoms with Crippen LogP contribution in [0.15, 0.2) is 54.9 Å². The molecule has 9 heteroatoms. The number of fused-ring (bicyclic) bond motifs is 1. The summed E-state index contributed by atoms with van der Waals surface area (Å²) in [6.07, 6.45) is 5.29. The second-order valence-corrected chi connectivity index (χ2v) is 9.54. The van der Waals surface area contributed by atoms with Crippen molar-refractivity contribution in [1.82, 2.24) is 30.0 Å². The van der Waals surface area contributed by atoms with Crippen molar-refractivity contribution >= 4 is 29.2 Å². The van der Waals surface area contributed by atoms with Gasteiger partial charge >= 0.3 is 0 Å². The molecule has 1 aromatic carbocycles. The van der Waals surface area contributed by atoms with Crippen LogP contribution in [0.5, 0.6) is 0 Å². The predicted octanol–water partition coefficient (Wildman–Crippen LogP) is 4.44. The van der Waals surface area contributed by atoms with Gasteiger partial charge in [-0.05, 0) is 68.9 Å². The molecule has 2 amide bonds. The summed E-state index contributed by atoms with van der Waals surface area (Å²) in [4.78, 5) is 36.0. The molecule has 5 rings (SSSR count). The third-order valence-electron chi connectivity index (χ3n) is 7.21. The Morgan fingerprint density at radius 3 is 2.67 bits per heavy atom. The highest BCUT2D eigenvalue weighted by Gasteiger charge is 2.26. The van der Waals surface area contributed by atoms with Gasteiger partial charge in [-0.2, -0.15) is 5.10 Å². The summed E-state index contributed by atoms with van der Waals surface area (Å²) in [5, 5.41) is 10.4. The van der Waals surface area contributed by atoms with Crippen LogP contribution in [0.25, 0.3) is 28.7 Å². The van der Waals surface area contributed by atoms with Crippen molar-refractivity contribution in [2.45, 2.75) is 27.7 Å². The molecular formula is C30H33N7O2. The highest BCUT2D eigenvalue weighted by Crippen LogP contribution is 2.37. The van der Waals surface area contributed by atoms with Crippen molar-refractivity contribution < 1.29 is 9.59 Å². The molecule has 3 N–H and O–H groups in total. The molecule has 1 aliphatic heterocycles. The first kappa shape index (κ1) is 26.1. The van der Waals surface area contributed by atoms with Gasteiger partial charge in [-0.25, -0.2) is 9.67 Å². The number of amides is 2. The number of likely N-dealkylation sites (N-methyl/N-ethyl adjacent to an activating group) is 1. The molecule has 0 fully saturated rings. The Balaban J connectivity index is 1.44. The molecule has 0 bridgehead atoms. The molecule has 0 saturated heterocycles. The molecule has 9 nitrogen and oxygen atoms in total. The van der Waals surface area contributed by atoms with Crippen LogP contribution in [0, 0.1) is 13.8 Å². The number of nitrogens with zero attached hydrogens (tertiary/aromatic N) is 4. The number of H-pyrrole nitrogens is 1. The predicted molar refractivity (Wildman–Crippen MR) is 154 cm³/mol. The van der Waals surface area contributed by atoms with Crippen molar-refractivity contribution in [2.75, 3.05) is 31.5 Å². The van der Waals surface area contributed by atoms with Crippen LogP contribution in [0.4, 0.5) is 5.69 Å². The summed E-state index contributed by atoms with van der Waals surface area (Å²) >= 11 is 0. The molecule has 3 aromatic heterocycles. The maximum absolute atomic E-state index is 13.0. The Hall–Kier alpha value is -4.50. The quantitative estimate of drug-likeness (QED) is 0.281. The summed E-state index contributed by atoms with van der Waals surface area (Å²) in [6, 6.07) is 13.5. The summed E-state index contributed by atoms with van der Waals surface area (Å²) < 4.78 is 1.78. The first-order valence-electron chi connectivity index (χ1n) is 13.2. The van der Waals surface area contributed by atoms with E-state index in [0.717, 1.165) is 59.1 Å². The van der Waals surface area contributed by atoms with Crippen LogP contribution in [0.2, 0.25) is 0 Å². The fourth-order valence-corrected chi connectivity index (χ4v) is 5.03. The number of aromatic amines is 1. The number of benzene rings is 1. The SMILES string of the molecule is CCN(CC)CCNC(=O)c1c(C)[nH]c(C=C2C(=O)Nc3ccc(-c4ccnn4-c4ccccn4)cc32)c1C. The zero-order valence-corrected chi connectivity index (χ0v) is 22.7. The van der Waals surface area contributed by atoms with Gasteiger partial charge in [0.1, 0.15) is 0 Å². The van der Waals surface area contributed by atoms with Crippen molar-refractivity contribution in [3.05, 3.63) is 82.9 Å². The van der Waals surface area contributed by atoms with Gasteiger partial charge < -0.3 is 20.5 Å². The number of nitrogens with one attached hydrogen (secondary N) is 3. The van der Waals surface area contributed by atoms with Crippen molar-refractivity contribution in [3.8, 4) is 17.1 Å². The van der Waals surface area contributed by atoms with E-state index in [0.29, 0.717) is 23.5 Å². The molecule has 200 valence electrons. The fraction of sp³-hybridized carbons (Fsp3) is 0.267. The van der Waals surface area contributed by atoms with E-state index >= 15 is 0 Å². The molecule has 0 spiro atoms. The van der Waals surface area contributed by atoms with Gasteiger partial charge in [-0.15, -0.1) is 0 Å². The van der Waals surface area contributed by atoms with Crippen LogP contribution in [-0.4, -0.2) is 62.6 Å². The number of anilines is 1.